The van der Waals surface area contributed by atoms with Crippen molar-refractivity contribution < 1.29 is 18.6 Å². The van der Waals surface area contributed by atoms with Gasteiger partial charge in [0, 0.05) is 7.11 Å². The molecule has 1 unspecified atom stereocenters. The lowest BCUT2D eigenvalue weighted by Gasteiger charge is -2.30. The summed E-state index contributed by atoms with van der Waals surface area (Å²) < 4.78 is 31.4. The van der Waals surface area contributed by atoms with E-state index in [4.69, 9.17) is 14.2 Å². The molecule has 1 saturated heterocycles. The summed E-state index contributed by atoms with van der Waals surface area (Å²) in [7, 11) is 1.59. The van der Waals surface area contributed by atoms with Gasteiger partial charge in [-0.2, -0.15) is 0 Å². The van der Waals surface area contributed by atoms with Crippen molar-refractivity contribution in [2.75, 3.05) is 13.7 Å². The van der Waals surface area contributed by atoms with Crippen molar-refractivity contribution in [3.63, 3.8) is 0 Å². The van der Waals surface area contributed by atoms with Gasteiger partial charge in [0.05, 0.1) is 18.8 Å². The molecule has 0 aromatic carbocycles. The van der Waals surface area contributed by atoms with Crippen LogP contribution in [0.1, 0.15) is 34.6 Å². The summed E-state index contributed by atoms with van der Waals surface area (Å²) in [5.41, 5.74) is -1.47. The Morgan fingerprint density at radius 3 is 2.29 bits per heavy atom. The van der Waals surface area contributed by atoms with Crippen LogP contribution in [0.15, 0.2) is 0 Å². The van der Waals surface area contributed by atoms with Crippen LogP contribution in [-0.2, 0) is 14.2 Å². The average molecular weight is 248 g/mol. The third kappa shape index (κ3) is 3.18. The molecule has 4 heteroatoms. The van der Waals surface area contributed by atoms with Gasteiger partial charge in [0.15, 0.2) is 5.67 Å². The molecule has 1 aliphatic heterocycles. The average Bonchev–Trinajstić information content (AvgIpc) is 2.41. The first-order valence-corrected chi connectivity index (χ1v) is 6.29. The number of ether oxygens (including phenoxy) is 3. The van der Waals surface area contributed by atoms with Crippen LogP contribution in [0, 0.1) is 5.92 Å². The molecule has 0 N–H and O–H groups in total. The molecule has 0 aliphatic carbocycles. The van der Waals surface area contributed by atoms with E-state index in [1.165, 1.54) is 0 Å². The molecule has 102 valence electrons. The van der Waals surface area contributed by atoms with E-state index in [2.05, 4.69) is 0 Å². The second-order valence-electron chi connectivity index (χ2n) is 5.55. The zero-order valence-electron chi connectivity index (χ0n) is 11.7. The maximum Gasteiger partial charge on any atom is 0.163 e. The fourth-order valence-electron chi connectivity index (χ4n) is 2.53. The molecule has 0 saturated carbocycles. The van der Waals surface area contributed by atoms with Crippen molar-refractivity contribution in [1.29, 1.82) is 0 Å². The van der Waals surface area contributed by atoms with Crippen LogP contribution in [0.4, 0.5) is 4.39 Å². The predicted molar refractivity (Wildman–Crippen MR) is 64.9 cm³/mol. The molecule has 0 radical (unpaired) electrons. The number of hydrogen-bond acceptors (Lipinski definition) is 3. The van der Waals surface area contributed by atoms with Gasteiger partial charge in [-0.1, -0.05) is 13.8 Å². The van der Waals surface area contributed by atoms with Crippen LogP contribution in [0.25, 0.3) is 0 Å². The minimum atomic E-state index is -1.47. The highest BCUT2D eigenvalue weighted by Crippen LogP contribution is 2.40. The van der Waals surface area contributed by atoms with Gasteiger partial charge in [-0.25, -0.2) is 4.39 Å². The van der Waals surface area contributed by atoms with Gasteiger partial charge in [0.1, 0.15) is 12.2 Å². The molecule has 0 spiro atoms. The first-order chi connectivity index (χ1) is 7.80. The molecule has 0 amide bonds. The highest BCUT2D eigenvalue weighted by Gasteiger charge is 2.56. The Labute approximate surface area is 104 Å². The molecular weight excluding hydrogens is 223 g/mol. The minimum absolute atomic E-state index is 0.0241. The minimum Gasteiger partial charge on any atom is -0.382 e. The van der Waals surface area contributed by atoms with Crippen molar-refractivity contribution in [3.05, 3.63) is 0 Å². The molecule has 1 rings (SSSR count). The van der Waals surface area contributed by atoms with Crippen LogP contribution in [-0.4, -0.2) is 43.8 Å². The molecule has 0 aromatic rings. The largest absolute Gasteiger partial charge is 0.382 e. The summed E-state index contributed by atoms with van der Waals surface area (Å²) in [5.74, 6) is 0.116. The van der Waals surface area contributed by atoms with Gasteiger partial charge in [0.2, 0.25) is 0 Å². The van der Waals surface area contributed by atoms with E-state index in [-0.39, 0.29) is 18.1 Å². The fraction of sp³-hybridized carbons (Fsp3) is 1.00. The van der Waals surface area contributed by atoms with E-state index in [0.29, 0.717) is 6.61 Å². The summed E-state index contributed by atoms with van der Waals surface area (Å²) in [6, 6.07) is 0. The standard InChI is InChI=1S/C13H25FO3/c1-8(2)11-13(5,14)12(16-9(3)4)10(17-11)7-15-6/h8-12H,7H2,1-6H3/t10-,11?,12-,13-/m1/s1. The maximum absolute atomic E-state index is 14.8. The van der Waals surface area contributed by atoms with Crippen molar-refractivity contribution >= 4 is 0 Å². The van der Waals surface area contributed by atoms with E-state index < -0.39 is 17.9 Å². The van der Waals surface area contributed by atoms with E-state index >= 15 is 0 Å². The van der Waals surface area contributed by atoms with E-state index in [1.54, 1.807) is 14.0 Å². The molecule has 1 heterocycles. The first kappa shape index (κ1) is 14.9. The smallest absolute Gasteiger partial charge is 0.163 e. The Morgan fingerprint density at radius 1 is 1.29 bits per heavy atom. The Kier molecular flexibility index (Phi) is 4.93. The molecular formula is C13H25FO3. The predicted octanol–water partition coefficient (Wildman–Crippen LogP) is 2.58. The normalized spacial score (nSPS) is 38.3. The maximum atomic E-state index is 14.8. The van der Waals surface area contributed by atoms with E-state index in [0.717, 1.165) is 0 Å². The second kappa shape index (κ2) is 5.63. The fourth-order valence-corrected chi connectivity index (χ4v) is 2.53. The topological polar surface area (TPSA) is 27.7 Å². The van der Waals surface area contributed by atoms with Gasteiger partial charge in [-0.3, -0.25) is 0 Å². The SMILES string of the molecule is COC[C@H]1OC(C(C)C)[C@@](C)(F)[C@@H]1OC(C)C. The molecule has 0 aromatic heterocycles. The van der Waals surface area contributed by atoms with Crippen LogP contribution >= 0.6 is 0 Å². The number of methoxy groups -OCH3 is 1. The lowest BCUT2D eigenvalue weighted by Crippen LogP contribution is -2.46. The number of halogens is 1. The Bertz CT molecular complexity index is 241. The molecule has 1 aliphatic rings. The lowest BCUT2D eigenvalue weighted by molar-refractivity contribution is -0.0885. The van der Waals surface area contributed by atoms with Crippen LogP contribution < -0.4 is 0 Å². The van der Waals surface area contributed by atoms with Crippen LogP contribution in [0.3, 0.4) is 0 Å². The molecule has 1 fully saturated rings. The highest BCUT2D eigenvalue weighted by atomic mass is 19.1. The van der Waals surface area contributed by atoms with Crippen molar-refractivity contribution in [2.24, 2.45) is 5.92 Å². The van der Waals surface area contributed by atoms with Crippen LogP contribution in [0.5, 0.6) is 0 Å². The zero-order valence-corrected chi connectivity index (χ0v) is 11.7. The van der Waals surface area contributed by atoms with Gasteiger partial charge >= 0.3 is 0 Å². The van der Waals surface area contributed by atoms with Crippen LogP contribution in [0.2, 0.25) is 0 Å². The quantitative estimate of drug-likeness (QED) is 0.748. The summed E-state index contributed by atoms with van der Waals surface area (Å²) in [4.78, 5) is 0. The van der Waals surface area contributed by atoms with Gasteiger partial charge < -0.3 is 14.2 Å². The lowest BCUT2D eigenvalue weighted by atomic mass is 9.88. The number of rotatable bonds is 5. The highest BCUT2D eigenvalue weighted by molar-refractivity contribution is 5.03. The summed E-state index contributed by atoms with van der Waals surface area (Å²) in [6.45, 7) is 9.67. The first-order valence-electron chi connectivity index (χ1n) is 6.29. The monoisotopic (exact) mass is 248 g/mol. The van der Waals surface area contributed by atoms with Crippen molar-refractivity contribution in [2.45, 2.75) is 64.7 Å². The summed E-state index contributed by atoms with van der Waals surface area (Å²) in [5, 5.41) is 0. The summed E-state index contributed by atoms with van der Waals surface area (Å²) in [6.07, 6.45) is -1.35. The molecule has 3 nitrogen and oxygen atoms in total. The second-order valence-corrected chi connectivity index (χ2v) is 5.55. The van der Waals surface area contributed by atoms with E-state index in [9.17, 15) is 4.39 Å². The number of hydrogen-bond donors (Lipinski definition) is 0. The molecule has 0 bridgehead atoms. The van der Waals surface area contributed by atoms with Gasteiger partial charge in [0.25, 0.3) is 0 Å². The van der Waals surface area contributed by atoms with Gasteiger partial charge in [-0.15, -0.1) is 0 Å². The zero-order chi connectivity index (χ0) is 13.2. The Balaban J connectivity index is 2.86. The number of alkyl halides is 1. The van der Waals surface area contributed by atoms with Crippen molar-refractivity contribution in [3.8, 4) is 0 Å². The molecule has 4 atom stereocenters. The Hall–Kier alpha value is -0.190. The van der Waals surface area contributed by atoms with Crippen molar-refractivity contribution in [1.82, 2.24) is 0 Å². The third-order valence-corrected chi connectivity index (χ3v) is 3.13. The van der Waals surface area contributed by atoms with Gasteiger partial charge in [-0.05, 0) is 26.7 Å². The Morgan fingerprint density at radius 2 is 1.88 bits per heavy atom. The molecule has 17 heavy (non-hydrogen) atoms. The van der Waals surface area contributed by atoms with E-state index in [1.807, 2.05) is 27.7 Å². The third-order valence-electron chi connectivity index (χ3n) is 3.13. The summed E-state index contributed by atoms with van der Waals surface area (Å²) >= 11 is 0.